The summed E-state index contributed by atoms with van der Waals surface area (Å²) in [5, 5.41) is 0.456. The van der Waals surface area contributed by atoms with Gasteiger partial charge in [-0.2, -0.15) is 0 Å². The summed E-state index contributed by atoms with van der Waals surface area (Å²) in [5.41, 5.74) is 5.80. The van der Waals surface area contributed by atoms with Gasteiger partial charge in [-0.05, 0) is 37.1 Å². The summed E-state index contributed by atoms with van der Waals surface area (Å²) in [4.78, 5) is 13.7. The Morgan fingerprint density at radius 3 is 2.60 bits per heavy atom. The number of benzene rings is 1. The molecule has 1 aromatic carbocycles. The standard InChI is InChI=1S/C13H17ClN2O3S/c14-10-3-5-12(6-4-10)20(18,19)9-13(17)16-7-1-2-11(15)8-16/h3-6,11H,1-2,7-9,15H2/t11-/m1/s1. The topological polar surface area (TPSA) is 80.5 Å². The molecule has 1 aliphatic heterocycles. The molecule has 20 heavy (non-hydrogen) atoms. The molecular weight excluding hydrogens is 300 g/mol. The summed E-state index contributed by atoms with van der Waals surface area (Å²) in [7, 11) is -3.63. The molecule has 2 rings (SSSR count). The predicted octanol–water partition coefficient (Wildman–Crippen LogP) is 1.06. The molecule has 0 bridgehead atoms. The van der Waals surface area contributed by atoms with Crippen molar-refractivity contribution < 1.29 is 13.2 Å². The Morgan fingerprint density at radius 2 is 2.00 bits per heavy atom. The van der Waals surface area contributed by atoms with E-state index < -0.39 is 21.5 Å². The Kier molecular flexibility index (Phi) is 4.67. The van der Waals surface area contributed by atoms with E-state index in [2.05, 4.69) is 0 Å². The molecule has 1 saturated heterocycles. The van der Waals surface area contributed by atoms with Crippen molar-refractivity contribution in [3.05, 3.63) is 29.3 Å². The zero-order valence-corrected chi connectivity index (χ0v) is 12.5. The van der Waals surface area contributed by atoms with Crippen LogP contribution in [0.15, 0.2) is 29.2 Å². The number of hydrogen-bond donors (Lipinski definition) is 1. The highest BCUT2D eigenvalue weighted by atomic mass is 35.5. The van der Waals surface area contributed by atoms with Gasteiger partial charge < -0.3 is 10.6 Å². The lowest BCUT2D eigenvalue weighted by Gasteiger charge is -2.30. The Morgan fingerprint density at radius 1 is 1.35 bits per heavy atom. The molecule has 110 valence electrons. The highest BCUT2D eigenvalue weighted by Gasteiger charge is 2.26. The van der Waals surface area contributed by atoms with Crippen molar-refractivity contribution in [1.29, 1.82) is 0 Å². The van der Waals surface area contributed by atoms with Crippen molar-refractivity contribution in [2.24, 2.45) is 5.73 Å². The molecule has 5 nitrogen and oxygen atoms in total. The average Bonchev–Trinajstić information content (AvgIpc) is 2.38. The minimum absolute atomic E-state index is 0.0639. The van der Waals surface area contributed by atoms with Gasteiger partial charge in [-0.15, -0.1) is 0 Å². The summed E-state index contributed by atoms with van der Waals surface area (Å²) in [6.07, 6.45) is 1.68. The van der Waals surface area contributed by atoms with Crippen LogP contribution in [0.2, 0.25) is 5.02 Å². The van der Waals surface area contributed by atoms with E-state index in [1.807, 2.05) is 0 Å². The number of sulfone groups is 1. The lowest BCUT2D eigenvalue weighted by Crippen LogP contribution is -2.47. The van der Waals surface area contributed by atoms with Crippen molar-refractivity contribution in [2.75, 3.05) is 18.8 Å². The van der Waals surface area contributed by atoms with Gasteiger partial charge in [0.05, 0.1) is 4.90 Å². The summed E-state index contributed by atoms with van der Waals surface area (Å²) in [6.45, 7) is 0.998. The largest absolute Gasteiger partial charge is 0.340 e. The van der Waals surface area contributed by atoms with Crippen LogP contribution in [0.3, 0.4) is 0 Å². The van der Waals surface area contributed by atoms with E-state index in [0.717, 1.165) is 12.8 Å². The van der Waals surface area contributed by atoms with Gasteiger partial charge in [0, 0.05) is 24.2 Å². The van der Waals surface area contributed by atoms with Crippen LogP contribution in [0.5, 0.6) is 0 Å². The van der Waals surface area contributed by atoms with E-state index in [1.165, 1.54) is 29.2 Å². The minimum Gasteiger partial charge on any atom is -0.340 e. The first kappa shape index (κ1) is 15.3. The van der Waals surface area contributed by atoms with Gasteiger partial charge in [-0.25, -0.2) is 8.42 Å². The number of rotatable bonds is 3. The van der Waals surface area contributed by atoms with Crippen molar-refractivity contribution in [2.45, 2.75) is 23.8 Å². The number of hydrogen-bond acceptors (Lipinski definition) is 4. The van der Waals surface area contributed by atoms with Gasteiger partial charge in [-0.1, -0.05) is 11.6 Å². The van der Waals surface area contributed by atoms with E-state index in [4.69, 9.17) is 17.3 Å². The molecule has 0 aliphatic carbocycles. The van der Waals surface area contributed by atoms with E-state index in [0.29, 0.717) is 18.1 Å². The Bertz CT molecular complexity index is 586. The smallest absolute Gasteiger partial charge is 0.238 e. The molecule has 0 spiro atoms. The van der Waals surface area contributed by atoms with Crippen molar-refractivity contribution in [3.63, 3.8) is 0 Å². The van der Waals surface area contributed by atoms with Crippen LogP contribution in [0.4, 0.5) is 0 Å². The zero-order valence-electron chi connectivity index (χ0n) is 11.0. The third kappa shape index (κ3) is 3.71. The predicted molar refractivity (Wildman–Crippen MR) is 77.3 cm³/mol. The minimum atomic E-state index is -3.63. The molecule has 1 fully saturated rings. The Labute approximate surface area is 123 Å². The molecule has 7 heteroatoms. The molecule has 1 heterocycles. The molecule has 1 aromatic rings. The molecule has 1 atom stereocenters. The number of likely N-dealkylation sites (tertiary alicyclic amines) is 1. The van der Waals surface area contributed by atoms with Crippen LogP contribution in [0, 0.1) is 0 Å². The summed E-state index contributed by atoms with van der Waals surface area (Å²) in [5.74, 6) is -0.920. The molecule has 0 unspecified atom stereocenters. The number of carbonyl (C=O) groups excluding carboxylic acids is 1. The van der Waals surface area contributed by atoms with E-state index >= 15 is 0 Å². The third-order valence-corrected chi connectivity index (χ3v) is 5.17. The van der Waals surface area contributed by atoms with Crippen LogP contribution in [-0.2, 0) is 14.6 Å². The first-order valence-corrected chi connectivity index (χ1v) is 8.43. The third-order valence-electron chi connectivity index (χ3n) is 3.30. The van der Waals surface area contributed by atoms with Crippen molar-refractivity contribution in [1.82, 2.24) is 4.90 Å². The molecule has 1 amide bonds. The van der Waals surface area contributed by atoms with Gasteiger partial charge in [0.25, 0.3) is 0 Å². The first-order valence-electron chi connectivity index (χ1n) is 6.40. The Hall–Kier alpha value is -1.11. The van der Waals surface area contributed by atoms with Gasteiger partial charge >= 0.3 is 0 Å². The molecule has 1 aliphatic rings. The second-order valence-corrected chi connectivity index (χ2v) is 7.38. The maximum absolute atomic E-state index is 12.2. The van der Waals surface area contributed by atoms with Gasteiger partial charge in [0.15, 0.2) is 9.84 Å². The second-order valence-electron chi connectivity index (χ2n) is 4.96. The summed E-state index contributed by atoms with van der Waals surface area (Å²) < 4.78 is 24.3. The summed E-state index contributed by atoms with van der Waals surface area (Å²) >= 11 is 5.72. The lowest BCUT2D eigenvalue weighted by atomic mass is 10.1. The SMILES string of the molecule is N[C@@H]1CCCN(C(=O)CS(=O)(=O)c2ccc(Cl)cc2)C1. The van der Waals surface area contributed by atoms with Crippen LogP contribution in [-0.4, -0.2) is 44.1 Å². The fourth-order valence-corrected chi connectivity index (χ4v) is 3.57. The molecule has 0 saturated carbocycles. The molecule has 2 N–H and O–H groups in total. The number of nitrogens with zero attached hydrogens (tertiary/aromatic N) is 1. The maximum atomic E-state index is 12.2. The second kappa shape index (κ2) is 6.11. The maximum Gasteiger partial charge on any atom is 0.238 e. The quantitative estimate of drug-likeness (QED) is 0.904. The number of nitrogens with two attached hydrogens (primary N) is 1. The highest BCUT2D eigenvalue weighted by molar-refractivity contribution is 7.92. The van der Waals surface area contributed by atoms with E-state index in [-0.39, 0.29) is 10.9 Å². The number of carbonyl (C=O) groups is 1. The van der Waals surface area contributed by atoms with Crippen molar-refractivity contribution >= 4 is 27.3 Å². The fraction of sp³-hybridized carbons (Fsp3) is 0.462. The fourth-order valence-electron chi connectivity index (χ4n) is 2.22. The monoisotopic (exact) mass is 316 g/mol. The van der Waals surface area contributed by atoms with Crippen LogP contribution < -0.4 is 5.73 Å². The zero-order chi connectivity index (χ0) is 14.8. The van der Waals surface area contributed by atoms with Crippen LogP contribution in [0.25, 0.3) is 0 Å². The highest BCUT2D eigenvalue weighted by Crippen LogP contribution is 2.17. The number of amides is 1. The normalized spacial score (nSPS) is 19.9. The molecule has 0 radical (unpaired) electrons. The van der Waals surface area contributed by atoms with Crippen molar-refractivity contribution in [3.8, 4) is 0 Å². The molecule has 0 aromatic heterocycles. The van der Waals surface area contributed by atoms with E-state index in [9.17, 15) is 13.2 Å². The lowest BCUT2D eigenvalue weighted by molar-refractivity contribution is -0.129. The first-order chi connectivity index (χ1) is 9.38. The number of halogens is 1. The molecular formula is C13H17ClN2O3S. The summed E-state index contributed by atoms with van der Waals surface area (Å²) in [6, 6.07) is 5.75. The van der Waals surface area contributed by atoms with Crippen LogP contribution >= 0.6 is 11.6 Å². The van der Waals surface area contributed by atoms with Gasteiger partial charge in [-0.3, -0.25) is 4.79 Å². The average molecular weight is 317 g/mol. The van der Waals surface area contributed by atoms with Gasteiger partial charge in [0.1, 0.15) is 5.75 Å². The van der Waals surface area contributed by atoms with E-state index in [1.54, 1.807) is 0 Å². The van der Waals surface area contributed by atoms with Gasteiger partial charge in [0.2, 0.25) is 5.91 Å². The van der Waals surface area contributed by atoms with Crippen LogP contribution in [0.1, 0.15) is 12.8 Å². The Balaban J connectivity index is 2.08. The number of piperidine rings is 1.